The molecule has 0 saturated carbocycles. The second-order valence-electron chi connectivity index (χ2n) is 4.75. The molecule has 140 valence electrons. The standard InChI is InChI=1S/C7H16B3O12P3/c8-3-4-18-10-9-7-2-1-6(20-7)5-19-24(14,15)22-25(16,17)21-23(11,12)13/h6-7H,1-5H2,(H,14,15)(H,16,17)(H2,11,12,13)/t6-,7+/m0/s1. The number of hydrogen-bond acceptors (Lipinski definition) is 8. The van der Waals surface area contributed by atoms with Crippen molar-refractivity contribution in [3.63, 3.8) is 0 Å². The maximum Gasteiger partial charge on any atom is 0.490 e. The molecule has 1 fully saturated rings. The van der Waals surface area contributed by atoms with E-state index in [0.29, 0.717) is 25.8 Å². The summed E-state index contributed by atoms with van der Waals surface area (Å²) in [7, 11) is -7.76. The van der Waals surface area contributed by atoms with Crippen LogP contribution in [0, 0.1) is 0 Å². The van der Waals surface area contributed by atoms with Gasteiger partial charge in [0.25, 0.3) is 0 Å². The van der Waals surface area contributed by atoms with Crippen LogP contribution >= 0.6 is 23.5 Å². The van der Waals surface area contributed by atoms with Gasteiger partial charge in [0.1, 0.15) is 7.17 Å². The second-order valence-corrected chi connectivity index (χ2v) is 9.17. The smallest absolute Gasteiger partial charge is 0.452 e. The van der Waals surface area contributed by atoms with Gasteiger partial charge >= 0.3 is 23.5 Å². The third-order valence-corrected chi connectivity index (χ3v) is 6.41. The Labute approximate surface area is 146 Å². The van der Waals surface area contributed by atoms with Crippen LogP contribution < -0.4 is 0 Å². The summed E-state index contributed by atoms with van der Waals surface area (Å²) in [4.78, 5) is 35.1. The Balaban J connectivity index is 2.35. The van der Waals surface area contributed by atoms with Gasteiger partial charge in [0.2, 0.25) is 7.37 Å². The molecule has 4 atom stereocenters. The van der Waals surface area contributed by atoms with Crippen molar-refractivity contribution in [3.05, 3.63) is 0 Å². The highest BCUT2D eigenvalue weighted by Gasteiger charge is 2.41. The van der Waals surface area contributed by atoms with Gasteiger partial charge in [-0.25, -0.2) is 13.7 Å². The molecule has 1 rings (SSSR count). The van der Waals surface area contributed by atoms with Crippen molar-refractivity contribution in [2.75, 3.05) is 13.2 Å². The number of hydrogen-bond donors (Lipinski definition) is 4. The molecule has 0 aliphatic carbocycles. The quantitative estimate of drug-likeness (QED) is 0.185. The van der Waals surface area contributed by atoms with Crippen LogP contribution in [0.3, 0.4) is 0 Å². The van der Waals surface area contributed by atoms with Crippen molar-refractivity contribution in [1.82, 2.24) is 0 Å². The molecular formula is C7H16B3O12P3. The molecule has 0 bridgehead atoms. The first-order valence-electron chi connectivity index (χ1n) is 6.84. The summed E-state index contributed by atoms with van der Waals surface area (Å²) in [5.41, 5.74) is 0. The van der Waals surface area contributed by atoms with Crippen LogP contribution in [0.1, 0.15) is 12.8 Å². The number of phosphoric acid groups is 3. The molecule has 0 spiro atoms. The lowest BCUT2D eigenvalue weighted by Gasteiger charge is -2.18. The van der Waals surface area contributed by atoms with Gasteiger partial charge in [0, 0.05) is 12.6 Å². The molecule has 4 radical (unpaired) electrons. The van der Waals surface area contributed by atoms with Crippen LogP contribution in [0.25, 0.3) is 0 Å². The van der Waals surface area contributed by atoms with E-state index in [0.717, 1.165) is 0 Å². The Kier molecular flexibility index (Phi) is 9.59. The molecule has 4 N–H and O–H groups in total. The van der Waals surface area contributed by atoms with Gasteiger partial charge in [-0.15, -0.1) is 0 Å². The summed E-state index contributed by atoms with van der Waals surface area (Å²) in [5, 5.41) is 0. The molecule has 1 aliphatic rings. The van der Waals surface area contributed by atoms with E-state index in [4.69, 9.17) is 31.9 Å². The SMILES string of the molecule is [B]CCO[B][B][C@H]1CC[C@@H](COP(=O)(O)OP(=O)(O)OP(=O)(O)O)O1. The molecule has 0 aromatic heterocycles. The lowest BCUT2D eigenvalue weighted by molar-refractivity contribution is 0.0393. The Bertz CT molecular complexity index is 556. The predicted molar refractivity (Wildman–Crippen MR) is 85.7 cm³/mol. The van der Waals surface area contributed by atoms with Crippen LogP contribution in [0.15, 0.2) is 0 Å². The minimum absolute atomic E-state index is 0.313. The average molecular weight is 418 g/mol. The largest absolute Gasteiger partial charge is 0.490 e. The molecule has 12 nitrogen and oxygen atoms in total. The minimum Gasteiger partial charge on any atom is -0.452 e. The number of ether oxygens (including phenoxy) is 1. The van der Waals surface area contributed by atoms with Crippen LogP contribution in [0.2, 0.25) is 6.32 Å². The van der Waals surface area contributed by atoms with Crippen molar-refractivity contribution in [2.45, 2.75) is 31.3 Å². The molecule has 0 aromatic carbocycles. The molecule has 1 heterocycles. The monoisotopic (exact) mass is 418 g/mol. The van der Waals surface area contributed by atoms with Crippen LogP contribution in [0.5, 0.6) is 0 Å². The van der Waals surface area contributed by atoms with Crippen molar-refractivity contribution in [3.8, 4) is 0 Å². The van der Waals surface area contributed by atoms with Gasteiger partial charge in [-0.2, -0.15) is 8.62 Å². The highest BCUT2D eigenvalue weighted by atomic mass is 31.3. The normalized spacial score (nSPS) is 25.9. The Hall–Kier alpha value is 0.525. The van der Waals surface area contributed by atoms with E-state index < -0.39 is 36.2 Å². The van der Waals surface area contributed by atoms with Crippen molar-refractivity contribution in [1.29, 1.82) is 0 Å². The summed E-state index contributed by atoms with van der Waals surface area (Å²) in [5.74, 6) is 0. The van der Waals surface area contributed by atoms with Crippen LogP contribution in [-0.2, 0) is 36.2 Å². The van der Waals surface area contributed by atoms with Gasteiger partial charge in [0.05, 0.1) is 20.6 Å². The van der Waals surface area contributed by atoms with E-state index in [-0.39, 0.29) is 6.00 Å². The van der Waals surface area contributed by atoms with Crippen molar-refractivity contribution in [2.24, 2.45) is 0 Å². The molecule has 18 heteroatoms. The molecular weight excluding hydrogens is 401 g/mol. The average Bonchev–Trinajstić information content (AvgIpc) is 2.85. The first-order valence-corrected chi connectivity index (χ1v) is 11.4. The second kappa shape index (κ2) is 10.2. The molecule has 0 amide bonds. The molecule has 1 saturated heterocycles. The molecule has 0 aromatic rings. The fourth-order valence-corrected chi connectivity index (χ4v) is 4.81. The van der Waals surface area contributed by atoms with E-state index >= 15 is 0 Å². The summed E-state index contributed by atoms with van der Waals surface area (Å²) in [6.07, 6.45) is 0.793. The van der Waals surface area contributed by atoms with E-state index in [2.05, 4.69) is 13.1 Å². The molecule has 1 aliphatic heterocycles. The zero-order valence-corrected chi connectivity index (χ0v) is 15.5. The Morgan fingerprint density at radius 1 is 1.08 bits per heavy atom. The van der Waals surface area contributed by atoms with E-state index in [1.54, 1.807) is 7.17 Å². The van der Waals surface area contributed by atoms with E-state index in [9.17, 15) is 18.6 Å². The zero-order chi connectivity index (χ0) is 19.1. The molecule has 2 unspecified atom stereocenters. The van der Waals surface area contributed by atoms with Gasteiger partial charge in [-0.05, 0) is 12.8 Å². The fraction of sp³-hybridized carbons (Fsp3) is 1.00. The van der Waals surface area contributed by atoms with Gasteiger partial charge in [-0.1, -0.05) is 6.32 Å². The Morgan fingerprint density at radius 2 is 1.76 bits per heavy atom. The van der Waals surface area contributed by atoms with Gasteiger partial charge in [-0.3, -0.25) is 4.52 Å². The van der Waals surface area contributed by atoms with Gasteiger partial charge in [0.15, 0.2) is 0 Å². The zero-order valence-electron chi connectivity index (χ0n) is 12.8. The third-order valence-electron chi connectivity index (χ3n) is 2.61. The maximum atomic E-state index is 11.5. The lowest BCUT2D eigenvalue weighted by Crippen LogP contribution is -2.26. The van der Waals surface area contributed by atoms with Crippen LogP contribution in [0.4, 0.5) is 0 Å². The topological polar surface area (TPSA) is 178 Å². The van der Waals surface area contributed by atoms with Crippen molar-refractivity contribution >= 4 is 45.9 Å². The van der Waals surface area contributed by atoms with Crippen LogP contribution in [-0.4, -0.2) is 67.3 Å². The van der Waals surface area contributed by atoms with E-state index in [1.807, 2.05) is 0 Å². The fourth-order valence-electron chi connectivity index (χ4n) is 1.76. The summed E-state index contributed by atoms with van der Waals surface area (Å²) >= 11 is 0. The lowest BCUT2D eigenvalue weighted by atomic mass is 9.46. The molecule has 25 heavy (non-hydrogen) atoms. The highest BCUT2D eigenvalue weighted by Crippen LogP contribution is 2.66. The third kappa shape index (κ3) is 11.1. The summed E-state index contributed by atoms with van der Waals surface area (Å²) in [6, 6.07) is -0.313. The Morgan fingerprint density at radius 3 is 2.36 bits per heavy atom. The predicted octanol–water partition coefficient (Wildman–Crippen LogP) is -0.323. The summed E-state index contributed by atoms with van der Waals surface area (Å²) < 4.78 is 55.3. The van der Waals surface area contributed by atoms with Gasteiger partial charge < -0.3 is 29.0 Å². The number of rotatable bonds is 12. The maximum absolute atomic E-state index is 11.5. The van der Waals surface area contributed by atoms with Crippen molar-refractivity contribution < 1.29 is 55.8 Å². The minimum atomic E-state index is -5.51. The summed E-state index contributed by atoms with van der Waals surface area (Å²) in [6.45, 7) is -0.115. The number of phosphoric ester groups is 1. The first kappa shape index (κ1) is 23.6. The first-order chi connectivity index (χ1) is 11.4. The highest BCUT2D eigenvalue weighted by molar-refractivity contribution is 7.66. The van der Waals surface area contributed by atoms with E-state index in [1.165, 1.54) is 7.37 Å².